The van der Waals surface area contributed by atoms with E-state index >= 15 is 0 Å². The van der Waals surface area contributed by atoms with Crippen LogP contribution in [-0.2, 0) is 11.3 Å². The summed E-state index contributed by atoms with van der Waals surface area (Å²) in [5, 5.41) is 2.03. The second kappa shape index (κ2) is 6.87. The van der Waals surface area contributed by atoms with Gasteiger partial charge in [0.1, 0.15) is 11.8 Å². The first-order chi connectivity index (χ1) is 13.7. The van der Waals surface area contributed by atoms with E-state index in [4.69, 9.17) is 14.2 Å². The Morgan fingerprint density at radius 2 is 1.96 bits per heavy atom. The van der Waals surface area contributed by atoms with E-state index in [0.717, 1.165) is 33.3 Å². The van der Waals surface area contributed by atoms with Crippen LogP contribution in [0, 0.1) is 6.92 Å². The molecule has 0 radical (unpaired) electrons. The molecular weight excluding hydrogens is 374 g/mol. The Balaban J connectivity index is 1.40. The predicted molar refractivity (Wildman–Crippen MR) is 106 cm³/mol. The normalized spacial score (nSPS) is 20.2. The zero-order chi connectivity index (χ0) is 19.1. The summed E-state index contributed by atoms with van der Waals surface area (Å²) in [5.74, 6) is 2.23. The number of β-lactam (4-membered cyclic amide) rings is 1. The number of carbonyl (C=O) groups is 1. The van der Waals surface area contributed by atoms with Crippen molar-refractivity contribution in [2.75, 3.05) is 6.79 Å². The number of hydrogen-bond acceptors (Lipinski definition) is 5. The zero-order valence-corrected chi connectivity index (χ0v) is 16.1. The molecule has 0 aliphatic carbocycles. The molecule has 2 aromatic carbocycles. The summed E-state index contributed by atoms with van der Waals surface area (Å²) < 4.78 is 17.0. The summed E-state index contributed by atoms with van der Waals surface area (Å²) >= 11 is 1.64. The first-order valence-corrected chi connectivity index (χ1v) is 10.0. The highest BCUT2D eigenvalue weighted by atomic mass is 32.1. The van der Waals surface area contributed by atoms with E-state index in [9.17, 15) is 4.79 Å². The average Bonchev–Trinajstić information content (AvgIpc) is 3.39. The fourth-order valence-corrected chi connectivity index (χ4v) is 4.49. The van der Waals surface area contributed by atoms with Crippen LogP contribution in [0.3, 0.4) is 0 Å². The van der Waals surface area contributed by atoms with Crippen LogP contribution in [0.25, 0.3) is 0 Å². The Hall–Kier alpha value is -2.99. The highest BCUT2D eigenvalue weighted by molar-refractivity contribution is 7.10. The molecule has 2 atom stereocenters. The van der Waals surface area contributed by atoms with Crippen LogP contribution in [0.15, 0.2) is 60.0 Å². The van der Waals surface area contributed by atoms with Gasteiger partial charge in [-0.05, 0) is 47.7 Å². The van der Waals surface area contributed by atoms with E-state index in [2.05, 4.69) is 6.07 Å². The molecule has 1 amide bonds. The minimum atomic E-state index is -0.506. The van der Waals surface area contributed by atoms with E-state index in [-0.39, 0.29) is 18.7 Å². The van der Waals surface area contributed by atoms with Gasteiger partial charge in [0.2, 0.25) is 12.9 Å². The number of ether oxygens (including phenoxy) is 3. The molecule has 0 bridgehead atoms. The molecule has 5 rings (SSSR count). The van der Waals surface area contributed by atoms with E-state index < -0.39 is 6.10 Å². The summed E-state index contributed by atoms with van der Waals surface area (Å²) in [7, 11) is 0. The van der Waals surface area contributed by atoms with Gasteiger partial charge in [-0.25, -0.2) is 0 Å². The number of amides is 1. The van der Waals surface area contributed by atoms with E-state index in [1.807, 2.05) is 65.7 Å². The Morgan fingerprint density at radius 3 is 2.79 bits per heavy atom. The van der Waals surface area contributed by atoms with Crippen LogP contribution in [0.4, 0.5) is 0 Å². The molecule has 2 aliphatic heterocycles. The number of nitrogens with zero attached hydrogens (tertiary/aromatic N) is 1. The van der Waals surface area contributed by atoms with Crippen LogP contribution in [0.2, 0.25) is 0 Å². The number of hydrogen-bond donors (Lipinski definition) is 0. The maximum Gasteiger partial charge on any atom is 0.267 e. The number of carbonyl (C=O) groups excluding carboxylic acids is 1. The topological polar surface area (TPSA) is 48.0 Å². The molecule has 3 aromatic rings. The largest absolute Gasteiger partial charge is 0.478 e. The van der Waals surface area contributed by atoms with E-state index in [1.165, 1.54) is 0 Å². The van der Waals surface area contributed by atoms with Crippen molar-refractivity contribution in [1.82, 2.24) is 4.90 Å². The van der Waals surface area contributed by atoms with Gasteiger partial charge in [-0.2, -0.15) is 0 Å². The van der Waals surface area contributed by atoms with Crippen molar-refractivity contribution in [3.05, 3.63) is 76.0 Å². The zero-order valence-electron chi connectivity index (χ0n) is 15.3. The lowest BCUT2D eigenvalue weighted by molar-refractivity contribution is -0.165. The van der Waals surface area contributed by atoms with Crippen molar-refractivity contribution in [1.29, 1.82) is 0 Å². The number of fused-ring (bicyclic) bond motifs is 1. The first kappa shape index (κ1) is 17.1. The molecule has 5 nitrogen and oxygen atoms in total. The standard InChI is InChI=1S/C22H19NO4S/c1-14-5-2-3-6-16(14)27-21-20(19-7-4-10-28-19)23(22(21)24)12-15-8-9-17-18(11-15)26-13-25-17/h2-11,20-21H,12-13H2,1H3. The number of rotatable bonds is 5. The Kier molecular flexibility index (Phi) is 4.20. The number of likely N-dealkylation sites (tertiary alicyclic amines) is 1. The van der Waals surface area contributed by atoms with Crippen LogP contribution < -0.4 is 14.2 Å². The van der Waals surface area contributed by atoms with Crippen LogP contribution in [0.5, 0.6) is 17.2 Å². The molecule has 0 saturated carbocycles. The molecule has 6 heteroatoms. The molecule has 1 saturated heterocycles. The fourth-order valence-electron chi connectivity index (χ4n) is 3.63. The van der Waals surface area contributed by atoms with Crippen molar-refractivity contribution in [2.24, 2.45) is 0 Å². The van der Waals surface area contributed by atoms with Gasteiger partial charge >= 0.3 is 0 Å². The number of thiophene rings is 1. The Bertz CT molecular complexity index is 1020. The lowest BCUT2D eigenvalue weighted by atomic mass is 9.94. The molecule has 2 aliphatic rings. The van der Waals surface area contributed by atoms with Gasteiger partial charge in [0.15, 0.2) is 11.5 Å². The predicted octanol–water partition coefficient (Wildman–Crippen LogP) is 4.32. The van der Waals surface area contributed by atoms with Gasteiger partial charge in [0.05, 0.1) is 0 Å². The third kappa shape index (κ3) is 2.90. The third-order valence-electron chi connectivity index (χ3n) is 5.12. The van der Waals surface area contributed by atoms with Crippen molar-refractivity contribution in [2.45, 2.75) is 25.6 Å². The van der Waals surface area contributed by atoms with Gasteiger partial charge in [0, 0.05) is 11.4 Å². The van der Waals surface area contributed by atoms with Crippen molar-refractivity contribution < 1.29 is 19.0 Å². The van der Waals surface area contributed by atoms with Crippen LogP contribution in [-0.4, -0.2) is 23.7 Å². The van der Waals surface area contributed by atoms with Gasteiger partial charge < -0.3 is 19.1 Å². The van der Waals surface area contributed by atoms with Crippen molar-refractivity contribution in [3.63, 3.8) is 0 Å². The highest BCUT2D eigenvalue weighted by Gasteiger charge is 2.50. The number of benzene rings is 2. The molecule has 1 fully saturated rings. The maximum absolute atomic E-state index is 13.0. The summed E-state index contributed by atoms with van der Waals surface area (Å²) in [6.45, 7) is 2.74. The van der Waals surface area contributed by atoms with Crippen LogP contribution in [0.1, 0.15) is 22.0 Å². The molecule has 142 valence electrons. The molecule has 0 N–H and O–H groups in total. The quantitative estimate of drug-likeness (QED) is 0.606. The van der Waals surface area contributed by atoms with Crippen molar-refractivity contribution >= 4 is 17.2 Å². The molecule has 28 heavy (non-hydrogen) atoms. The SMILES string of the molecule is Cc1ccccc1OC1C(=O)N(Cc2ccc3c(c2)OCO3)C1c1cccs1. The molecular formula is C22H19NO4S. The molecule has 3 heterocycles. The summed E-state index contributed by atoms with van der Waals surface area (Å²) in [4.78, 5) is 16.0. The Morgan fingerprint density at radius 1 is 1.11 bits per heavy atom. The minimum absolute atomic E-state index is 0.000630. The lowest BCUT2D eigenvalue weighted by Crippen LogP contribution is -2.60. The second-order valence-electron chi connectivity index (χ2n) is 6.92. The maximum atomic E-state index is 13.0. The smallest absolute Gasteiger partial charge is 0.267 e. The van der Waals surface area contributed by atoms with Gasteiger partial charge in [-0.1, -0.05) is 30.3 Å². The highest BCUT2D eigenvalue weighted by Crippen LogP contribution is 2.42. The average molecular weight is 393 g/mol. The molecule has 0 spiro atoms. The first-order valence-electron chi connectivity index (χ1n) is 9.15. The molecule has 1 aromatic heterocycles. The van der Waals surface area contributed by atoms with Gasteiger partial charge in [-0.3, -0.25) is 4.79 Å². The number of para-hydroxylation sites is 1. The fraction of sp³-hybridized carbons (Fsp3) is 0.227. The van der Waals surface area contributed by atoms with Crippen LogP contribution >= 0.6 is 11.3 Å². The minimum Gasteiger partial charge on any atom is -0.478 e. The monoisotopic (exact) mass is 393 g/mol. The Labute approximate surface area is 167 Å². The number of aryl methyl sites for hydroxylation is 1. The summed E-state index contributed by atoms with van der Waals surface area (Å²) in [6.07, 6.45) is -0.506. The van der Waals surface area contributed by atoms with Crippen molar-refractivity contribution in [3.8, 4) is 17.2 Å². The summed E-state index contributed by atoms with van der Waals surface area (Å²) in [6, 6.07) is 17.6. The van der Waals surface area contributed by atoms with E-state index in [1.54, 1.807) is 11.3 Å². The van der Waals surface area contributed by atoms with Gasteiger partial charge in [-0.15, -0.1) is 11.3 Å². The molecule has 2 unspecified atom stereocenters. The lowest BCUT2D eigenvalue weighted by Gasteiger charge is -2.46. The van der Waals surface area contributed by atoms with E-state index in [0.29, 0.717) is 6.54 Å². The summed E-state index contributed by atoms with van der Waals surface area (Å²) in [5.41, 5.74) is 2.03. The third-order valence-corrected chi connectivity index (χ3v) is 6.06. The van der Waals surface area contributed by atoms with Gasteiger partial charge in [0.25, 0.3) is 5.91 Å². The second-order valence-corrected chi connectivity index (χ2v) is 7.90.